The molecule has 15 heavy (non-hydrogen) atoms. The van der Waals surface area contributed by atoms with Gasteiger partial charge in [-0.25, -0.2) is 0 Å². The van der Waals surface area contributed by atoms with E-state index in [0.717, 1.165) is 25.7 Å². The van der Waals surface area contributed by atoms with Crippen LogP contribution in [0.2, 0.25) is 0 Å². The number of carbonyl (C=O) groups excluding carboxylic acids is 1. The Kier molecular flexibility index (Phi) is 5.05. The minimum atomic E-state index is -0.160. The van der Waals surface area contributed by atoms with Crippen LogP contribution in [0.3, 0.4) is 0 Å². The van der Waals surface area contributed by atoms with Crippen LogP contribution in [0.25, 0.3) is 0 Å². The van der Waals surface area contributed by atoms with Crippen molar-refractivity contribution >= 4 is 5.91 Å². The van der Waals surface area contributed by atoms with Crippen molar-refractivity contribution in [3.8, 4) is 0 Å². The molecular formula is C11H22N2O2. The molecule has 1 rings (SSSR count). The molecule has 1 amide bonds. The summed E-state index contributed by atoms with van der Waals surface area (Å²) in [6.45, 7) is 4.42. The van der Waals surface area contributed by atoms with E-state index in [4.69, 9.17) is 0 Å². The number of nitrogens with one attached hydrogen (secondary N) is 2. The number of rotatable bonds is 4. The molecule has 0 aromatic rings. The lowest BCUT2D eigenvalue weighted by Gasteiger charge is -2.26. The number of carbonyl (C=O) groups is 1. The summed E-state index contributed by atoms with van der Waals surface area (Å²) in [6, 6.07) is 0.596. The minimum Gasteiger partial charge on any atom is -0.393 e. The van der Waals surface area contributed by atoms with Crippen molar-refractivity contribution in [1.82, 2.24) is 10.6 Å². The van der Waals surface area contributed by atoms with E-state index in [0.29, 0.717) is 12.6 Å². The first-order chi connectivity index (χ1) is 7.08. The van der Waals surface area contributed by atoms with E-state index in [2.05, 4.69) is 10.6 Å². The molecule has 0 aliphatic heterocycles. The molecule has 4 heteroatoms. The fraction of sp³-hybridized carbons (Fsp3) is 0.909. The molecule has 0 unspecified atom stereocenters. The van der Waals surface area contributed by atoms with Gasteiger partial charge in [-0.05, 0) is 25.7 Å². The summed E-state index contributed by atoms with van der Waals surface area (Å²) in [7, 11) is 0. The lowest BCUT2D eigenvalue weighted by molar-refractivity contribution is -0.121. The minimum absolute atomic E-state index is 0.0603. The van der Waals surface area contributed by atoms with Gasteiger partial charge in [0.15, 0.2) is 0 Å². The van der Waals surface area contributed by atoms with Crippen molar-refractivity contribution in [2.24, 2.45) is 0 Å². The summed E-state index contributed by atoms with van der Waals surface area (Å²) in [6.07, 6.45) is 3.25. The van der Waals surface area contributed by atoms with Gasteiger partial charge in [0.2, 0.25) is 5.91 Å². The zero-order valence-corrected chi connectivity index (χ0v) is 9.62. The Morgan fingerprint density at radius 2 is 1.93 bits per heavy atom. The third kappa shape index (κ3) is 5.14. The van der Waals surface area contributed by atoms with Crippen LogP contribution in [0.1, 0.15) is 39.5 Å². The summed E-state index contributed by atoms with van der Waals surface area (Å²) in [5.74, 6) is 0.0603. The van der Waals surface area contributed by atoms with Gasteiger partial charge in [0.05, 0.1) is 12.6 Å². The molecule has 3 N–H and O–H groups in total. The zero-order chi connectivity index (χ0) is 11.3. The van der Waals surface area contributed by atoms with E-state index in [1.807, 2.05) is 13.8 Å². The van der Waals surface area contributed by atoms with E-state index in [9.17, 15) is 9.90 Å². The Balaban J connectivity index is 2.15. The van der Waals surface area contributed by atoms with Crippen LogP contribution in [0.15, 0.2) is 0 Å². The molecular weight excluding hydrogens is 192 g/mol. The monoisotopic (exact) mass is 214 g/mol. The van der Waals surface area contributed by atoms with Gasteiger partial charge in [0.1, 0.15) is 0 Å². The van der Waals surface area contributed by atoms with Crippen LogP contribution in [0.5, 0.6) is 0 Å². The predicted octanol–water partition coefficient (Wildman–Crippen LogP) is 0.404. The van der Waals surface area contributed by atoms with E-state index in [1.54, 1.807) is 0 Å². The normalized spacial score (nSPS) is 26.7. The third-order valence-corrected chi connectivity index (χ3v) is 2.73. The second-order valence-corrected chi connectivity index (χ2v) is 4.61. The van der Waals surface area contributed by atoms with Gasteiger partial charge in [-0.3, -0.25) is 4.79 Å². The van der Waals surface area contributed by atoms with Crippen molar-refractivity contribution in [3.63, 3.8) is 0 Å². The quantitative estimate of drug-likeness (QED) is 0.635. The van der Waals surface area contributed by atoms with Gasteiger partial charge in [0.25, 0.3) is 0 Å². The van der Waals surface area contributed by atoms with E-state index >= 15 is 0 Å². The van der Waals surface area contributed by atoms with Crippen molar-refractivity contribution in [2.75, 3.05) is 6.54 Å². The molecule has 4 nitrogen and oxygen atoms in total. The first kappa shape index (κ1) is 12.5. The highest BCUT2D eigenvalue weighted by Gasteiger charge is 2.20. The standard InChI is InChI=1S/C11H22N2O2/c1-8(2)12-7-11(15)13-9-3-5-10(14)6-4-9/h8-10,12,14H,3-7H2,1-2H3,(H,13,15). The van der Waals surface area contributed by atoms with Gasteiger partial charge < -0.3 is 15.7 Å². The van der Waals surface area contributed by atoms with E-state index in [1.165, 1.54) is 0 Å². The molecule has 1 saturated carbocycles. The lowest BCUT2D eigenvalue weighted by atomic mass is 9.93. The van der Waals surface area contributed by atoms with Crippen LogP contribution in [0, 0.1) is 0 Å². The molecule has 0 spiro atoms. The molecule has 0 aromatic carbocycles. The van der Waals surface area contributed by atoms with Crippen LogP contribution < -0.4 is 10.6 Å². The maximum absolute atomic E-state index is 11.5. The average molecular weight is 214 g/mol. The van der Waals surface area contributed by atoms with Crippen LogP contribution in [-0.4, -0.2) is 35.7 Å². The fourth-order valence-corrected chi connectivity index (χ4v) is 1.80. The first-order valence-corrected chi connectivity index (χ1v) is 5.78. The smallest absolute Gasteiger partial charge is 0.234 e. The van der Waals surface area contributed by atoms with Crippen molar-refractivity contribution < 1.29 is 9.90 Å². The number of hydrogen-bond acceptors (Lipinski definition) is 3. The molecule has 0 heterocycles. The SMILES string of the molecule is CC(C)NCC(=O)NC1CCC(O)CC1. The van der Waals surface area contributed by atoms with Gasteiger partial charge in [-0.15, -0.1) is 0 Å². The highest BCUT2D eigenvalue weighted by Crippen LogP contribution is 2.17. The maximum atomic E-state index is 11.5. The first-order valence-electron chi connectivity index (χ1n) is 5.78. The number of amides is 1. The molecule has 1 fully saturated rings. The molecule has 0 atom stereocenters. The molecule has 1 aliphatic rings. The summed E-state index contributed by atoms with van der Waals surface area (Å²) in [5.41, 5.74) is 0. The largest absolute Gasteiger partial charge is 0.393 e. The molecule has 88 valence electrons. The highest BCUT2D eigenvalue weighted by molar-refractivity contribution is 5.78. The number of aliphatic hydroxyl groups is 1. The Morgan fingerprint density at radius 1 is 1.33 bits per heavy atom. The molecule has 1 aliphatic carbocycles. The molecule has 0 radical (unpaired) electrons. The average Bonchev–Trinajstić information content (AvgIpc) is 2.19. The maximum Gasteiger partial charge on any atom is 0.234 e. The third-order valence-electron chi connectivity index (χ3n) is 2.73. The second kappa shape index (κ2) is 6.08. The van der Waals surface area contributed by atoms with E-state index < -0.39 is 0 Å². The number of aliphatic hydroxyl groups excluding tert-OH is 1. The second-order valence-electron chi connectivity index (χ2n) is 4.61. The van der Waals surface area contributed by atoms with Gasteiger partial charge in [0, 0.05) is 12.1 Å². The molecule has 0 saturated heterocycles. The van der Waals surface area contributed by atoms with E-state index in [-0.39, 0.29) is 18.1 Å². The van der Waals surface area contributed by atoms with Crippen molar-refractivity contribution in [1.29, 1.82) is 0 Å². The molecule has 0 bridgehead atoms. The summed E-state index contributed by atoms with van der Waals surface area (Å²) < 4.78 is 0. The molecule has 0 aromatic heterocycles. The van der Waals surface area contributed by atoms with Crippen molar-refractivity contribution in [3.05, 3.63) is 0 Å². The van der Waals surface area contributed by atoms with Gasteiger partial charge in [-0.2, -0.15) is 0 Å². The number of hydrogen-bond donors (Lipinski definition) is 3. The zero-order valence-electron chi connectivity index (χ0n) is 9.62. The summed E-state index contributed by atoms with van der Waals surface area (Å²) >= 11 is 0. The van der Waals surface area contributed by atoms with Crippen LogP contribution in [-0.2, 0) is 4.79 Å². The van der Waals surface area contributed by atoms with Crippen LogP contribution in [0.4, 0.5) is 0 Å². The Labute approximate surface area is 91.4 Å². The van der Waals surface area contributed by atoms with Crippen molar-refractivity contribution in [2.45, 2.75) is 57.7 Å². The van der Waals surface area contributed by atoms with Gasteiger partial charge in [-0.1, -0.05) is 13.8 Å². The summed E-state index contributed by atoms with van der Waals surface area (Å²) in [4.78, 5) is 11.5. The van der Waals surface area contributed by atoms with Crippen LogP contribution >= 0.6 is 0 Å². The Bertz CT molecular complexity index is 199. The summed E-state index contributed by atoms with van der Waals surface area (Å²) in [5, 5.41) is 15.4. The van der Waals surface area contributed by atoms with Gasteiger partial charge >= 0.3 is 0 Å². The Hall–Kier alpha value is -0.610. The predicted molar refractivity (Wildman–Crippen MR) is 59.5 cm³/mol. The lowest BCUT2D eigenvalue weighted by Crippen LogP contribution is -2.43. The highest BCUT2D eigenvalue weighted by atomic mass is 16.3. The fourth-order valence-electron chi connectivity index (χ4n) is 1.80. The topological polar surface area (TPSA) is 61.4 Å². The Morgan fingerprint density at radius 3 is 2.47 bits per heavy atom.